The second kappa shape index (κ2) is 9.87. The molecule has 0 aliphatic carbocycles. The van der Waals surface area contributed by atoms with Crippen molar-refractivity contribution in [3.63, 3.8) is 0 Å². The number of carbonyl (C=O) groups excluding carboxylic acids is 1. The lowest BCUT2D eigenvalue weighted by Crippen LogP contribution is -2.38. The molecular formula is C23H33N5O4. The number of nitrogens with one attached hydrogen (secondary N) is 1. The summed E-state index contributed by atoms with van der Waals surface area (Å²) in [6.45, 7) is 8.32. The standard InChI is InChI=1S/C23H33N5O4/c1-15(2)21(24-23(30)17-7-11-32-14-17)22-26-25-20-6-8-27(9-10-28(20)22)13-16-4-5-18(31-3)12-19(16)29/h4-5,12,15,17,21,29H,6-11,13-14H2,1-3H3,(H,24,30)/t17-,21-/m0/s1. The Bertz CT molecular complexity index is 938. The second-order valence-corrected chi connectivity index (χ2v) is 8.94. The molecule has 0 bridgehead atoms. The Balaban J connectivity index is 1.45. The third-order valence-corrected chi connectivity index (χ3v) is 6.38. The number of nitrogens with zero attached hydrogens (tertiary/aromatic N) is 4. The number of benzene rings is 1. The summed E-state index contributed by atoms with van der Waals surface area (Å²) in [5.74, 6) is 2.77. The average Bonchev–Trinajstić information content (AvgIpc) is 3.41. The van der Waals surface area contributed by atoms with Crippen LogP contribution >= 0.6 is 0 Å². The minimum Gasteiger partial charge on any atom is -0.507 e. The molecule has 2 aliphatic heterocycles. The molecular weight excluding hydrogens is 410 g/mol. The van der Waals surface area contributed by atoms with Gasteiger partial charge in [-0.25, -0.2) is 0 Å². The highest BCUT2D eigenvalue weighted by molar-refractivity contribution is 5.79. The van der Waals surface area contributed by atoms with Crippen molar-refractivity contribution in [2.75, 3.05) is 33.4 Å². The van der Waals surface area contributed by atoms with E-state index in [1.54, 1.807) is 13.2 Å². The van der Waals surface area contributed by atoms with Gasteiger partial charge in [-0.1, -0.05) is 19.9 Å². The van der Waals surface area contributed by atoms with E-state index in [0.717, 1.165) is 49.7 Å². The lowest BCUT2D eigenvalue weighted by molar-refractivity contribution is -0.126. The van der Waals surface area contributed by atoms with Crippen molar-refractivity contribution in [2.45, 2.75) is 45.8 Å². The van der Waals surface area contributed by atoms with Gasteiger partial charge in [-0.05, 0) is 18.4 Å². The number of aromatic nitrogens is 3. The van der Waals surface area contributed by atoms with Crippen molar-refractivity contribution in [1.29, 1.82) is 0 Å². The van der Waals surface area contributed by atoms with Crippen LogP contribution in [0.4, 0.5) is 0 Å². The molecule has 2 aromatic rings. The zero-order chi connectivity index (χ0) is 22.7. The van der Waals surface area contributed by atoms with Gasteiger partial charge in [-0.2, -0.15) is 0 Å². The largest absolute Gasteiger partial charge is 0.507 e. The van der Waals surface area contributed by atoms with E-state index in [1.807, 2.05) is 12.1 Å². The maximum Gasteiger partial charge on any atom is 0.226 e. The molecule has 1 aromatic heterocycles. The van der Waals surface area contributed by atoms with Crippen LogP contribution in [-0.4, -0.2) is 64.1 Å². The van der Waals surface area contributed by atoms with Crippen molar-refractivity contribution in [2.24, 2.45) is 11.8 Å². The molecule has 4 rings (SSSR count). The topological polar surface area (TPSA) is 102 Å². The highest BCUT2D eigenvalue weighted by atomic mass is 16.5. The van der Waals surface area contributed by atoms with Gasteiger partial charge in [0.1, 0.15) is 17.3 Å². The first-order chi connectivity index (χ1) is 15.5. The van der Waals surface area contributed by atoms with E-state index < -0.39 is 0 Å². The average molecular weight is 444 g/mol. The molecule has 0 unspecified atom stereocenters. The third kappa shape index (κ3) is 4.88. The molecule has 0 spiro atoms. The Hall–Kier alpha value is -2.65. The molecule has 1 aromatic carbocycles. The molecule has 9 heteroatoms. The van der Waals surface area contributed by atoms with Crippen LogP contribution in [0.15, 0.2) is 18.2 Å². The molecule has 2 N–H and O–H groups in total. The molecule has 1 fully saturated rings. The number of fused-ring (bicyclic) bond motifs is 1. The third-order valence-electron chi connectivity index (χ3n) is 6.38. The molecule has 174 valence electrons. The van der Waals surface area contributed by atoms with Crippen LogP contribution in [0.5, 0.6) is 11.5 Å². The number of amides is 1. The lowest BCUT2D eigenvalue weighted by atomic mass is 10.0. The van der Waals surface area contributed by atoms with Gasteiger partial charge in [0, 0.05) is 50.8 Å². The molecule has 3 heterocycles. The van der Waals surface area contributed by atoms with Crippen molar-refractivity contribution in [1.82, 2.24) is 25.0 Å². The summed E-state index contributed by atoms with van der Waals surface area (Å²) in [4.78, 5) is 15.0. The highest BCUT2D eigenvalue weighted by Crippen LogP contribution is 2.27. The van der Waals surface area contributed by atoms with Crippen LogP contribution in [0.2, 0.25) is 0 Å². The summed E-state index contributed by atoms with van der Waals surface area (Å²) >= 11 is 0. The normalized spacial score (nSPS) is 20.1. The predicted octanol–water partition coefficient (Wildman–Crippen LogP) is 1.90. The quantitative estimate of drug-likeness (QED) is 0.674. The number of ether oxygens (including phenoxy) is 2. The smallest absolute Gasteiger partial charge is 0.226 e. The fourth-order valence-electron chi connectivity index (χ4n) is 4.36. The lowest BCUT2D eigenvalue weighted by Gasteiger charge is -2.24. The van der Waals surface area contributed by atoms with E-state index in [2.05, 4.69) is 38.8 Å². The Morgan fingerprint density at radius 3 is 2.84 bits per heavy atom. The van der Waals surface area contributed by atoms with Gasteiger partial charge in [0.15, 0.2) is 5.82 Å². The Kier molecular flexibility index (Phi) is 6.95. The number of phenolic OH excluding ortho intramolecular Hbond substituents is 1. The summed E-state index contributed by atoms with van der Waals surface area (Å²) in [6, 6.07) is 5.22. The highest BCUT2D eigenvalue weighted by Gasteiger charge is 2.31. The fraction of sp³-hybridized carbons (Fsp3) is 0.609. The van der Waals surface area contributed by atoms with Crippen molar-refractivity contribution in [3.8, 4) is 11.5 Å². The van der Waals surface area contributed by atoms with Gasteiger partial charge in [0.25, 0.3) is 0 Å². The van der Waals surface area contributed by atoms with Crippen molar-refractivity contribution < 1.29 is 19.4 Å². The van der Waals surface area contributed by atoms with Gasteiger partial charge in [0.05, 0.1) is 25.7 Å². The van der Waals surface area contributed by atoms with E-state index in [9.17, 15) is 9.90 Å². The summed E-state index contributed by atoms with van der Waals surface area (Å²) in [7, 11) is 1.59. The summed E-state index contributed by atoms with van der Waals surface area (Å²) < 4.78 is 12.7. The second-order valence-electron chi connectivity index (χ2n) is 8.94. The molecule has 0 radical (unpaired) electrons. The molecule has 2 atom stereocenters. The predicted molar refractivity (Wildman–Crippen MR) is 118 cm³/mol. The van der Waals surface area contributed by atoms with E-state index >= 15 is 0 Å². The van der Waals surface area contributed by atoms with E-state index in [4.69, 9.17) is 9.47 Å². The maximum absolute atomic E-state index is 12.7. The number of carbonyl (C=O) groups is 1. The van der Waals surface area contributed by atoms with Crippen LogP contribution in [-0.2, 0) is 29.0 Å². The number of aromatic hydroxyl groups is 1. The van der Waals surface area contributed by atoms with Crippen molar-refractivity contribution in [3.05, 3.63) is 35.4 Å². The van der Waals surface area contributed by atoms with Gasteiger partial charge in [0.2, 0.25) is 5.91 Å². The molecule has 1 amide bonds. The number of hydrogen-bond acceptors (Lipinski definition) is 7. The van der Waals surface area contributed by atoms with Gasteiger partial charge >= 0.3 is 0 Å². The van der Waals surface area contributed by atoms with Crippen LogP contribution in [0, 0.1) is 11.8 Å². The minimum absolute atomic E-state index is 0.0313. The molecule has 9 nitrogen and oxygen atoms in total. The minimum atomic E-state index is -0.193. The van der Waals surface area contributed by atoms with E-state index in [-0.39, 0.29) is 29.5 Å². The SMILES string of the molecule is COc1ccc(CN2CCc3nnc([C@@H](NC(=O)[C@H]4CCOC4)C(C)C)n3CC2)c(O)c1. The first-order valence-corrected chi connectivity index (χ1v) is 11.3. The van der Waals surface area contributed by atoms with Crippen LogP contribution < -0.4 is 10.1 Å². The Labute approximate surface area is 188 Å². The van der Waals surface area contributed by atoms with Gasteiger partial charge in [-0.15, -0.1) is 10.2 Å². The molecule has 32 heavy (non-hydrogen) atoms. The summed E-state index contributed by atoms with van der Waals surface area (Å²) in [6.07, 6.45) is 1.53. The van der Waals surface area contributed by atoms with Crippen LogP contribution in [0.25, 0.3) is 0 Å². The van der Waals surface area contributed by atoms with Crippen LogP contribution in [0.1, 0.15) is 43.5 Å². The first-order valence-electron chi connectivity index (χ1n) is 11.3. The van der Waals surface area contributed by atoms with E-state index in [0.29, 0.717) is 25.5 Å². The fourth-order valence-corrected chi connectivity index (χ4v) is 4.36. The zero-order valence-electron chi connectivity index (χ0n) is 19.1. The van der Waals surface area contributed by atoms with E-state index in [1.165, 1.54) is 0 Å². The van der Waals surface area contributed by atoms with Gasteiger partial charge in [-0.3, -0.25) is 9.69 Å². The molecule has 0 saturated carbocycles. The summed E-state index contributed by atoms with van der Waals surface area (Å²) in [5.41, 5.74) is 0.870. The van der Waals surface area contributed by atoms with Crippen LogP contribution in [0.3, 0.4) is 0 Å². The number of phenols is 1. The van der Waals surface area contributed by atoms with Gasteiger partial charge < -0.3 is 24.5 Å². The maximum atomic E-state index is 12.7. The number of rotatable bonds is 7. The Morgan fingerprint density at radius 2 is 2.16 bits per heavy atom. The van der Waals surface area contributed by atoms with Crippen molar-refractivity contribution >= 4 is 5.91 Å². The number of methoxy groups -OCH3 is 1. The Morgan fingerprint density at radius 1 is 1.31 bits per heavy atom. The molecule has 1 saturated heterocycles. The number of hydrogen-bond donors (Lipinski definition) is 2. The zero-order valence-corrected chi connectivity index (χ0v) is 19.1. The first kappa shape index (κ1) is 22.5. The molecule has 2 aliphatic rings. The summed E-state index contributed by atoms with van der Waals surface area (Å²) in [5, 5.41) is 22.5. The monoisotopic (exact) mass is 443 g/mol.